The summed E-state index contributed by atoms with van der Waals surface area (Å²) in [4.78, 5) is 44.5. The Morgan fingerprint density at radius 1 is 1.22 bits per heavy atom. The van der Waals surface area contributed by atoms with Gasteiger partial charge in [0.25, 0.3) is 5.56 Å². The van der Waals surface area contributed by atoms with Crippen LogP contribution >= 0.6 is 11.8 Å². The minimum atomic E-state index is -0.651. The average molecular weight is 465 g/mol. The van der Waals surface area contributed by atoms with Crippen LogP contribution in [0.2, 0.25) is 0 Å². The first-order valence-corrected chi connectivity index (χ1v) is 11.6. The number of carbonyl (C=O) groups is 2. The van der Waals surface area contributed by atoms with E-state index in [9.17, 15) is 14.4 Å². The van der Waals surface area contributed by atoms with Gasteiger partial charge in [-0.1, -0.05) is 0 Å². The lowest BCUT2D eigenvalue weighted by molar-refractivity contribution is -0.140. The molecule has 2 heterocycles. The lowest BCUT2D eigenvalue weighted by Gasteiger charge is -2.30. The molecule has 1 aromatic heterocycles. The van der Waals surface area contributed by atoms with Gasteiger partial charge in [-0.05, 0) is 24.5 Å². The van der Waals surface area contributed by atoms with Crippen molar-refractivity contribution in [3.8, 4) is 11.5 Å². The highest BCUT2D eigenvalue weighted by Gasteiger charge is 2.27. The number of nitrogens with zero attached hydrogens (tertiary/aromatic N) is 3. The standard InChI is InChI=1S/C21H28N4O6S/c1-29-17-10-14-16(11-18(17)30-2)22-13-25(20(14)27)12-19(26)23-15(4-9-32-3)21(28)24-5-7-31-8-6-24/h10-11,13,15H,4-9,12H2,1-3H3,(H,23,26)/t15-/m0/s1. The summed E-state index contributed by atoms with van der Waals surface area (Å²) in [6.45, 7) is 1.73. The molecular weight excluding hydrogens is 436 g/mol. The highest BCUT2D eigenvalue weighted by molar-refractivity contribution is 7.98. The average Bonchev–Trinajstić information content (AvgIpc) is 2.82. The van der Waals surface area contributed by atoms with Crippen LogP contribution in [0.15, 0.2) is 23.3 Å². The van der Waals surface area contributed by atoms with E-state index >= 15 is 0 Å². The molecule has 1 saturated heterocycles. The summed E-state index contributed by atoms with van der Waals surface area (Å²) in [6.07, 6.45) is 3.77. The largest absolute Gasteiger partial charge is 0.493 e. The second kappa shape index (κ2) is 11.2. The zero-order chi connectivity index (χ0) is 23.1. The Bertz CT molecular complexity index is 1020. The van der Waals surface area contributed by atoms with Crippen LogP contribution in [0.5, 0.6) is 11.5 Å². The Hall–Kier alpha value is -2.79. The van der Waals surface area contributed by atoms with E-state index in [2.05, 4.69) is 10.3 Å². The third kappa shape index (κ3) is 5.52. The molecule has 11 heteroatoms. The summed E-state index contributed by atoms with van der Waals surface area (Å²) in [6, 6.07) is 2.50. The molecular formula is C21H28N4O6S. The second-order valence-corrected chi connectivity index (χ2v) is 8.23. The maximum Gasteiger partial charge on any atom is 0.261 e. The maximum atomic E-state index is 12.9. The Labute approximate surface area is 190 Å². The van der Waals surface area contributed by atoms with Crippen molar-refractivity contribution in [2.45, 2.75) is 19.0 Å². The number of thioether (sulfide) groups is 1. The molecule has 2 aromatic rings. The summed E-state index contributed by atoms with van der Waals surface area (Å²) >= 11 is 1.60. The number of ether oxygens (including phenoxy) is 3. The van der Waals surface area contributed by atoms with Gasteiger partial charge in [-0.25, -0.2) is 4.98 Å². The second-order valence-electron chi connectivity index (χ2n) is 7.24. The third-order valence-electron chi connectivity index (χ3n) is 5.21. The summed E-state index contributed by atoms with van der Waals surface area (Å²) < 4.78 is 17.0. The van der Waals surface area contributed by atoms with Gasteiger partial charge in [0.1, 0.15) is 12.6 Å². The number of benzene rings is 1. The molecule has 0 unspecified atom stereocenters. The molecule has 0 saturated carbocycles. The van der Waals surface area contributed by atoms with Gasteiger partial charge in [0.05, 0.1) is 44.7 Å². The van der Waals surface area contributed by atoms with Crippen molar-refractivity contribution < 1.29 is 23.8 Å². The molecule has 32 heavy (non-hydrogen) atoms. The van der Waals surface area contributed by atoms with E-state index in [-0.39, 0.29) is 18.0 Å². The number of rotatable bonds is 9. The van der Waals surface area contributed by atoms with Gasteiger partial charge < -0.3 is 24.4 Å². The van der Waals surface area contributed by atoms with E-state index in [1.807, 2.05) is 6.26 Å². The van der Waals surface area contributed by atoms with Gasteiger partial charge in [0, 0.05) is 19.2 Å². The number of methoxy groups -OCH3 is 2. The molecule has 2 amide bonds. The normalized spacial score (nSPS) is 14.8. The summed E-state index contributed by atoms with van der Waals surface area (Å²) in [5.74, 6) is 1.02. The molecule has 1 aromatic carbocycles. The predicted molar refractivity (Wildman–Crippen MR) is 121 cm³/mol. The van der Waals surface area contributed by atoms with Crippen molar-refractivity contribution in [2.75, 3.05) is 52.5 Å². The number of amides is 2. The molecule has 1 aliphatic rings. The van der Waals surface area contributed by atoms with Gasteiger partial charge in [-0.3, -0.25) is 19.0 Å². The Kier molecular flexibility index (Phi) is 8.34. The number of morpholine rings is 1. The monoisotopic (exact) mass is 464 g/mol. The smallest absolute Gasteiger partial charge is 0.261 e. The summed E-state index contributed by atoms with van der Waals surface area (Å²) in [5.41, 5.74) is 0.0518. The number of hydrogen-bond donors (Lipinski definition) is 1. The van der Waals surface area contributed by atoms with E-state index < -0.39 is 11.9 Å². The number of nitrogens with one attached hydrogen (secondary N) is 1. The van der Waals surface area contributed by atoms with Crippen LogP contribution in [-0.2, 0) is 20.9 Å². The zero-order valence-corrected chi connectivity index (χ0v) is 19.3. The minimum absolute atomic E-state index is 0.128. The van der Waals surface area contributed by atoms with Gasteiger partial charge >= 0.3 is 0 Å². The number of fused-ring (bicyclic) bond motifs is 1. The van der Waals surface area contributed by atoms with Gasteiger partial charge in [0.15, 0.2) is 11.5 Å². The zero-order valence-electron chi connectivity index (χ0n) is 18.5. The van der Waals surface area contributed by atoms with Crippen molar-refractivity contribution in [3.63, 3.8) is 0 Å². The Morgan fingerprint density at radius 2 is 1.91 bits per heavy atom. The fourth-order valence-electron chi connectivity index (χ4n) is 3.49. The molecule has 3 rings (SSSR count). The summed E-state index contributed by atoms with van der Waals surface area (Å²) in [5, 5.41) is 3.10. The predicted octanol–water partition coefficient (Wildman–Crippen LogP) is 0.510. The van der Waals surface area contributed by atoms with Crippen molar-refractivity contribution in [3.05, 3.63) is 28.8 Å². The van der Waals surface area contributed by atoms with E-state index in [0.29, 0.717) is 55.1 Å². The summed E-state index contributed by atoms with van der Waals surface area (Å²) in [7, 11) is 2.98. The molecule has 1 aliphatic heterocycles. The SMILES string of the molecule is COc1cc2ncn(CC(=O)N[C@@H](CCSC)C(=O)N3CCOCC3)c(=O)c2cc1OC. The van der Waals surface area contributed by atoms with Crippen molar-refractivity contribution in [1.29, 1.82) is 0 Å². The molecule has 0 bridgehead atoms. The maximum absolute atomic E-state index is 12.9. The topological polar surface area (TPSA) is 112 Å². The van der Waals surface area contributed by atoms with Gasteiger partial charge in [-0.15, -0.1) is 0 Å². The molecule has 10 nitrogen and oxygen atoms in total. The number of hydrogen-bond acceptors (Lipinski definition) is 8. The lowest BCUT2D eigenvalue weighted by Crippen LogP contribution is -2.52. The Balaban J connectivity index is 1.77. The quantitative estimate of drug-likeness (QED) is 0.571. The van der Waals surface area contributed by atoms with Crippen LogP contribution in [0.3, 0.4) is 0 Å². The minimum Gasteiger partial charge on any atom is -0.493 e. The highest BCUT2D eigenvalue weighted by atomic mass is 32.2. The fraction of sp³-hybridized carbons (Fsp3) is 0.524. The van der Waals surface area contributed by atoms with Crippen LogP contribution in [0.25, 0.3) is 10.9 Å². The molecule has 174 valence electrons. The van der Waals surface area contributed by atoms with Crippen LogP contribution in [0.1, 0.15) is 6.42 Å². The van der Waals surface area contributed by atoms with E-state index in [1.165, 1.54) is 25.1 Å². The van der Waals surface area contributed by atoms with Crippen molar-refractivity contribution in [2.24, 2.45) is 0 Å². The van der Waals surface area contributed by atoms with Crippen LogP contribution in [0, 0.1) is 0 Å². The first kappa shape index (κ1) is 23.9. The Morgan fingerprint density at radius 3 is 2.56 bits per heavy atom. The van der Waals surface area contributed by atoms with E-state index in [1.54, 1.807) is 28.8 Å². The van der Waals surface area contributed by atoms with Crippen LogP contribution in [0.4, 0.5) is 0 Å². The van der Waals surface area contributed by atoms with Crippen LogP contribution in [-0.4, -0.2) is 84.8 Å². The molecule has 1 fully saturated rings. The fourth-order valence-corrected chi connectivity index (χ4v) is 3.96. The molecule has 0 spiro atoms. The highest BCUT2D eigenvalue weighted by Crippen LogP contribution is 2.29. The number of carbonyl (C=O) groups excluding carboxylic acids is 2. The molecule has 1 atom stereocenters. The first-order valence-electron chi connectivity index (χ1n) is 10.2. The van der Waals surface area contributed by atoms with Gasteiger partial charge in [-0.2, -0.15) is 11.8 Å². The molecule has 0 aliphatic carbocycles. The van der Waals surface area contributed by atoms with E-state index in [4.69, 9.17) is 14.2 Å². The number of aromatic nitrogens is 2. The molecule has 1 N–H and O–H groups in total. The van der Waals surface area contributed by atoms with Crippen molar-refractivity contribution >= 4 is 34.5 Å². The van der Waals surface area contributed by atoms with Gasteiger partial charge in [0.2, 0.25) is 11.8 Å². The third-order valence-corrected chi connectivity index (χ3v) is 5.85. The van der Waals surface area contributed by atoms with Crippen molar-refractivity contribution in [1.82, 2.24) is 19.8 Å². The lowest BCUT2D eigenvalue weighted by atomic mass is 10.2. The molecule has 0 radical (unpaired) electrons. The van der Waals surface area contributed by atoms with Crippen LogP contribution < -0.4 is 20.3 Å². The first-order chi connectivity index (χ1) is 15.5. The van der Waals surface area contributed by atoms with E-state index in [0.717, 1.165) is 5.75 Å².